The molecule has 0 fully saturated rings. The van der Waals surface area contributed by atoms with E-state index in [4.69, 9.17) is 11.6 Å². The van der Waals surface area contributed by atoms with E-state index < -0.39 is 0 Å². The van der Waals surface area contributed by atoms with E-state index in [1.54, 1.807) is 17.4 Å². The van der Waals surface area contributed by atoms with E-state index in [0.717, 1.165) is 35.8 Å². The van der Waals surface area contributed by atoms with Crippen LogP contribution in [0.4, 0.5) is 4.39 Å². The molecule has 0 unspecified atom stereocenters. The first-order valence-electron chi connectivity index (χ1n) is 6.27. The Kier molecular flexibility index (Phi) is 5.31. The highest BCUT2D eigenvalue weighted by atomic mass is 35.5. The number of nitrogens with one attached hydrogen (secondary N) is 1. The van der Waals surface area contributed by atoms with Crippen molar-refractivity contribution in [3.8, 4) is 0 Å². The van der Waals surface area contributed by atoms with Crippen molar-refractivity contribution in [2.75, 3.05) is 6.54 Å². The third kappa shape index (κ3) is 4.27. The molecule has 0 saturated heterocycles. The van der Waals surface area contributed by atoms with Crippen molar-refractivity contribution in [3.05, 3.63) is 50.7 Å². The molecule has 2 rings (SSSR count). The lowest BCUT2D eigenvalue weighted by Gasteiger charge is -2.02. The Bertz CT molecular complexity index is 542. The van der Waals surface area contributed by atoms with Gasteiger partial charge in [0.05, 0.1) is 10.7 Å². The molecule has 0 aliphatic carbocycles. The molecule has 0 amide bonds. The van der Waals surface area contributed by atoms with Gasteiger partial charge in [-0.25, -0.2) is 9.37 Å². The van der Waals surface area contributed by atoms with Crippen LogP contribution in [0, 0.1) is 5.82 Å². The summed E-state index contributed by atoms with van der Waals surface area (Å²) in [6.45, 7) is 3.92. The maximum Gasteiger partial charge on any atom is 0.124 e. The Hall–Kier alpha value is -0.970. The van der Waals surface area contributed by atoms with E-state index in [1.165, 1.54) is 12.1 Å². The van der Waals surface area contributed by atoms with Gasteiger partial charge in [-0.2, -0.15) is 0 Å². The van der Waals surface area contributed by atoms with E-state index in [9.17, 15) is 4.39 Å². The molecule has 0 bridgehead atoms. The van der Waals surface area contributed by atoms with Crippen LogP contribution in [0.25, 0.3) is 0 Å². The number of benzene rings is 1. The third-order valence-corrected chi connectivity index (χ3v) is 3.94. The van der Waals surface area contributed by atoms with E-state index in [1.807, 2.05) is 0 Å². The summed E-state index contributed by atoms with van der Waals surface area (Å²) in [5, 5.41) is 6.83. The molecule has 1 heterocycles. The monoisotopic (exact) mass is 298 g/mol. The molecule has 1 aromatic heterocycles. The van der Waals surface area contributed by atoms with Gasteiger partial charge >= 0.3 is 0 Å². The summed E-state index contributed by atoms with van der Waals surface area (Å²) < 4.78 is 13.0. The van der Waals surface area contributed by atoms with Gasteiger partial charge in [-0.15, -0.1) is 11.3 Å². The van der Waals surface area contributed by atoms with Gasteiger partial charge < -0.3 is 5.32 Å². The van der Waals surface area contributed by atoms with Gasteiger partial charge in [-0.3, -0.25) is 0 Å². The highest BCUT2D eigenvalue weighted by Crippen LogP contribution is 2.22. The molecule has 2 nitrogen and oxygen atoms in total. The Morgan fingerprint density at radius 3 is 3.00 bits per heavy atom. The van der Waals surface area contributed by atoms with Gasteiger partial charge in [-0.1, -0.05) is 24.6 Å². The zero-order chi connectivity index (χ0) is 13.7. The first-order chi connectivity index (χ1) is 9.19. The molecule has 1 N–H and O–H groups in total. The molecule has 102 valence electrons. The summed E-state index contributed by atoms with van der Waals surface area (Å²) in [5.41, 5.74) is 1.96. The lowest BCUT2D eigenvalue weighted by atomic mass is 10.1. The van der Waals surface area contributed by atoms with Crippen molar-refractivity contribution in [2.24, 2.45) is 0 Å². The summed E-state index contributed by atoms with van der Waals surface area (Å²) in [4.78, 5) is 4.54. The molecule has 0 atom stereocenters. The summed E-state index contributed by atoms with van der Waals surface area (Å²) >= 11 is 7.62. The second kappa shape index (κ2) is 6.98. The summed E-state index contributed by atoms with van der Waals surface area (Å²) in [6, 6.07) is 4.49. The van der Waals surface area contributed by atoms with Gasteiger partial charge in [0.2, 0.25) is 0 Å². The van der Waals surface area contributed by atoms with Crippen LogP contribution < -0.4 is 5.32 Å². The van der Waals surface area contributed by atoms with Crippen LogP contribution in [-0.2, 0) is 13.0 Å². The topological polar surface area (TPSA) is 24.9 Å². The van der Waals surface area contributed by atoms with Gasteiger partial charge in [0.1, 0.15) is 5.82 Å². The number of nitrogens with zero attached hydrogens (tertiary/aromatic N) is 1. The Morgan fingerprint density at radius 2 is 2.26 bits per heavy atom. The van der Waals surface area contributed by atoms with E-state index in [0.29, 0.717) is 11.4 Å². The maximum atomic E-state index is 13.0. The second-order valence-electron chi connectivity index (χ2n) is 4.32. The Labute approximate surface area is 121 Å². The van der Waals surface area contributed by atoms with Crippen LogP contribution in [-0.4, -0.2) is 11.5 Å². The smallest absolute Gasteiger partial charge is 0.124 e. The summed E-state index contributed by atoms with van der Waals surface area (Å²) in [6.07, 6.45) is 1.76. The standard InChI is InChI=1S/C14H16ClFN2S/c1-2-5-17-8-12-9-19-14(18-12)6-10-3-4-11(16)7-13(10)15/h3-4,7,9,17H,2,5-6,8H2,1H3. The summed E-state index contributed by atoms with van der Waals surface area (Å²) in [7, 11) is 0. The van der Waals surface area contributed by atoms with Gasteiger partial charge in [0, 0.05) is 23.4 Å². The van der Waals surface area contributed by atoms with Gasteiger partial charge in [0.25, 0.3) is 0 Å². The number of halogens is 2. The largest absolute Gasteiger partial charge is 0.311 e. The highest BCUT2D eigenvalue weighted by Gasteiger charge is 2.07. The average Bonchev–Trinajstić information content (AvgIpc) is 2.81. The van der Waals surface area contributed by atoms with Crippen LogP contribution in [0.5, 0.6) is 0 Å². The van der Waals surface area contributed by atoms with Crippen molar-refractivity contribution in [3.63, 3.8) is 0 Å². The van der Waals surface area contributed by atoms with Crippen LogP contribution in [0.1, 0.15) is 29.6 Å². The zero-order valence-electron chi connectivity index (χ0n) is 10.7. The fourth-order valence-corrected chi connectivity index (χ4v) is 2.78. The van der Waals surface area contributed by atoms with Gasteiger partial charge in [-0.05, 0) is 30.7 Å². The molecule has 19 heavy (non-hydrogen) atoms. The minimum Gasteiger partial charge on any atom is -0.311 e. The first-order valence-corrected chi connectivity index (χ1v) is 7.52. The lowest BCUT2D eigenvalue weighted by molar-refractivity contribution is 0.627. The minimum absolute atomic E-state index is 0.308. The Balaban J connectivity index is 1.99. The molecule has 2 aromatic rings. The van der Waals surface area contributed by atoms with Crippen molar-refractivity contribution in [2.45, 2.75) is 26.3 Å². The number of aromatic nitrogens is 1. The number of hydrogen-bond acceptors (Lipinski definition) is 3. The predicted molar refractivity (Wildman–Crippen MR) is 78.3 cm³/mol. The van der Waals surface area contributed by atoms with Crippen LogP contribution >= 0.6 is 22.9 Å². The lowest BCUT2D eigenvalue weighted by Crippen LogP contribution is -2.13. The molecule has 1 aromatic carbocycles. The van der Waals surface area contributed by atoms with Crippen LogP contribution in [0.2, 0.25) is 5.02 Å². The summed E-state index contributed by atoms with van der Waals surface area (Å²) in [5.74, 6) is -0.308. The molecule has 0 radical (unpaired) electrons. The van der Waals surface area contributed by atoms with Gasteiger partial charge in [0.15, 0.2) is 0 Å². The molecule has 0 aliphatic heterocycles. The van der Waals surface area contributed by atoms with E-state index >= 15 is 0 Å². The number of rotatable bonds is 6. The van der Waals surface area contributed by atoms with Crippen molar-refractivity contribution < 1.29 is 4.39 Å². The van der Waals surface area contributed by atoms with E-state index in [2.05, 4.69) is 22.6 Å². The molecular formula is C14H16ClFN2S. The quantitative estimate of drug-likeness (QED) is 0.815. The highest BCUT2D eigenvalue weighted by molar-refractivity contribution is 7.09. The maximum absolute atomic E-state index is 13.0. The third-order valence-electron chi connectivity index (χ3n) is 2.69. The van der Waals surface area contributed by atoms with E-state index in [-0.39, 0.29) is 5.82 Å². The second-order valence-corrected chi connectivity index (χ2v) is 5.67. The predicted octanol–water partition coefficient (Wildman–Crippen LogP) is 4.03. The van der Waals surface area contributed by atoms with Crippen molar-refractivity contribution in [1.82, 2.24) is 10.3 Å². The molecule has 0 aliphatic rings. The first kappa shape index (κ1) is 14.4. The zero-order valence-corrected chi connectivity index (χ0v) is 12.3. The van der Waals surface area contributed by atoms with Crippen molar-refractivity contribution >= 4 is 22.9 Å². The van der Waals surface area contributed by atoms with Crippen LogP contribution in [0.3, 0.4) is 0 Å². The number of hydrogen-bond donors (Lipinski definition) is 1. The molecule has 5 heteroatoms. The fraction of sp³-hybridized carbons (Fsp3) is 0.357. The Morgan fingerprint density at radius 1 is 1.42 bits per heavy atom. The number of thiazole rings is 1. The average molecular weight is 299 g/mol. The SMILES string of the molecule is CCCNCc1csc(Cc2ccc(F)cc2Cl)n1. The molecule has 0 spiro atoms. The minimum atomic E-state index is -0.308. The fourth-order valence-electron chi connectivity index (χ4n) is 1.73. The molecular weight excluding hydrogens is 283 g/mol. The normalized spacial score (nSPS) is 10.9. The molecule has 0 saturated carbocycles. The van der Waals surface area contributed by atoms with Crippen molar-refractivity contribution in [1.29, 1.82) is 0 Å². The van der Waals surface area contributed by atoms with Crippen LogP contribution in [0.15, 0.2) is 23.6 Å².